The van der Waals surface area contributed by atoms with E-state index in [-0.39, 0.29) is 5.41 Å². The molecule has 0 saturated carbocycles. The van der Waals surface area contributed by atoms with Crippen LogP contribution in [0.25, 0.3) is 88.0 Å². The summed E-state index contributed by atoms with van der Waals surface area (Å²) < 4.78 is 4.80. The van der Waals surface area contributed by atoms with Gasteiger partial charge < -0.3 is 14.0 Å². The van der Waals surface area contributed by atoms with E-state index in [9.17, 15) is 0 Å². The molecule has 2 aromatic heterocycles. The maximum absolute atomic E-state index is 2.44. The third kappa shape index (κ3) is 5.00. The first-order valence-corrected chi connectivity index (χ1v) is 21.6. The van der Waals surface area contributed by atoms with Gasteiger partial charge in [-0.15, -0.1) is 0 Å². The summed E-state index contributed by atoms with van der Waals surface area (Å²) in [5, 5.41) is 7.70. The van der Waals surface area contributed by atoms with Crippen molar-refractivity contribution in [1.29, 1.82) is 0 Å². The van der Waals surface area contributed by atoms with Gasteiger partial charge in [-0.2, -0.15) is 0 Å². The van der Waals surface area contributed by atoms with Crippen LogP contribution >= 0.6 is 0 Å². The van der Waals surface area contributed by atoms with Crippen molar-refractivity contribution in [3.05, 3.63) is 223 Å². The van der Waals surface area contributed by atoms with Gasteiger partial charge in [0.15, 0.2) is 0 Å². The highest BCUT2D eigenvalue weighted by Crippen LogP contribution is 2.51. The molecule has 0 spiro atoms. The Morgan fingerprint density at radius 3 is 1.63 bits per heavy atom. The molecule has 0 radical (unpaired) electrons. The van der Waals surface area contributed by atoms with Crippen molar-refractivity contribution >= 4 is 71.4 Å². The van der Waals surface area contributed by atoms with Crippen LogP contribution in [0.5, 0.6) is 0 Å². The van der Waals surface area contributed by atoms with Crippen LogP contribution in [0.1, 0.15) is 25.0 Å². The predicted octanol–water partition coefficient (Wildman–Crippen LogP) is 15.9. The van der Waals surface area contributed by atoms with Gasteiger partial charge in [0, 0.05) is 55.4 Å². The number of benzene rings is 10. The van der Waals surface area contributed by atoms with Crippen molar-refractivity contribution in [3.8, 4) is 33.6 Å². The SMILES string of the molecule is CC1(C)c2ccccc2-c2ccc(N(c3ccc(-c4ccc(-n5c6cccc7ccc8cccc5c8c76)cc4)cc3)c3ccc4c(c3)c3ccccc3n4-c3ccccc3)cc21. The zero-order chi connectivity index (χ0) is 41.1. The molecule has 0 aliphatic heterocycles. The molecule has 62 heavy (non-hydrogen) atoms. The Morgan fingerprint density at radius 1 is 0.355 bits per heavy atom. The Kier molecular flexibility index (Phi) is 7.36. The lowest BCUT2D eigenvalue weighted by molar-refractivity contribution is 0.660. The smallest absolute Gasteiger partial charge is 0.0547 e. The third-order valence-electron chi connectivity index (χ3n) is 13.7. The molecule has 0 N–H and O–H groups in total. The highest BCUT2D eigenvalue weighted by Gasteiger charge is 2.36. The summed E-state index contributed by atoms with van der Waals surface area (Å²) in [5.41, 5.74) is 18.2. The summed E-state index contributed by atoms with van der Waals surface area (Å²) in [7, 11) is 0. The van der Waals surface area contributed by atoms with Crippen molar-refractivity contribution in [2.45, 2.75) is 19.3 Å². The Hall–Kier alpha value is -7.88. The molecule has 13 rings (SSSR count). The van der Waals surface area contributed by atoms with E-state index in [1.165, 1.54) is 93.5 Å². The summed E-state index contributed by atoms with van der Waals surface area (Å²) in [5.74, 6) is 0. The second-order valence-electron chi connectivity index (χ2n) is 17.4. The minimum absolute atomic E-state index is 0.117. The number of rotatable bonds is 6. The largest absolute Gasteiger partial charge is 0.310 e. The molecule has 1 aliphatic carbocycles. The zero-order valence-electron chi connectivity index (χ0n) is 34.5. The number of aromatic nitrogens is 2. The van der Waals surface area contributed by atoms with Gasteiger partial charge >= 0.3 is 0 Å². The molecular formula is C59H41N3. The first kappa shape index (κ1) is 34.9. The number of nitrogens with zero attached hydrogens (tertiary/aromatic N) is 3. The van der Waals surface area contributed by atoms with Crippen LogP contribution in [0, 0.1) is 0 Å². The van der Waals surface area contributed by atoms with E-state index in [4.69, 9.17) is 0 Å². The van der Waals surface area contributed by atoms with E-state index in [2.05, 4.69) is 240 Å². The van der Waals surface area contributed by atoms with Crippen molar-refractivity contribution in [2.75, 3.05) is 4.90 Å². The van der Waals surface area contributed by atoms with E-state index in [1.54, 1.807) is 0 Å². The normalized spacial score (nSPS) is 13.1. The van der Waals surface area contributed by atoms with Crippen LogP contribution in [0.2, 0.25) is 0 Å². The molecule has 0 fully saturated rings. The lowest BCUT2D eigenvalue weighted by Gasteiger charge is -2.28. The third-order valence-corrected chi connectivity index (χ3v) is 13.7. The van der Waals surface area contributed by atoms with E-state index in [0.717, 1.165) is 22.7 Å². The van der Waals surface area contributed by atoms with Gasteiger partial charge in [-0.25, -0.2) is 0 Å². The molecule has 0 atom stereocenters. The first-order chi connectivity index (χ1) is 30.5. The Labute approximate surface area is 360 Å². The molecule has 0 saturated heterocycles. The number of anilines is 3. The fourth-order valence-electron chi connectivity index (χ4n) is 10.7. The van der Waals surface area contributed by atoms with E-state index >= 15 is 0 Å². The Balaban J connectivity index is 0.930. The molecule has 1 aliphatic rings. The molecule has 292 valence electrons. The van der Waals surface area contributed by atoms with Gasteiger partial charge in [-0.1, -0.05) is 141 Å². The van der Waals surface area contributed by atoms with Crippen LogP contribution in [0.3, 0.4) is 0 Å². The molecule has 10 aromatic carbocycles. The summed E-state index contributed by atoms with van der Waals surface area (Å²) in [4.78, 5) is 2.44. The summed E-state index contributed by atoms with van der Waals surface area (Å²) in [6, 6.07) is 78.4. The Morgan fingerprint density at radius 2 is 0.887 bits per heavy atom. The Bertz CT molecular complexity index is 3630. The quantitative estimate of drug-likeness (QED) is 0.153. The molecule has 0 bridgehead atoms. The average Bonchev–Trinajstić information content (AvgIpc) is 3.93. The van der Waals surface area contributed by atoms with Gasteiger partial charge in [-0.05, 0) is 129 Å². The maximum Gasteiger partial charge on any atom is 0.0547 e. The van der Waals surface area contributed by atoms with Crippen molar-refractivity contribution in [3.63, 3.8) is 0 Å². The van der Waals surface area contributed by atoms with Gasteiger partial charge in [0.05, 0.1) is 22.1 Å². The molecule has 2 heterocycles. The van der Waals surface area contributed by atoms with E-state index in [1.807, 2.05) is 0 Å². The number of fused-ring (bicyclic) bond motifs is 6. The van der Waals surface area contributed by atoms with Gasteiger partial charge in [-0.3, -0.25) is 0 Å². The van der Waals surface area contributed by atoms with E-state index < -0.39 is 0 Å². The fraction of sp³-hybridized carbons (Fsp3) is 0.0508. The van der Waals surface area contributed by atoms with Gasteiger partial charge in [0.1, 0.15) is 0 Å². The number of hydrogen-bond acceptors (Lipinski definition) is 1. The lowest BCUT2D eigenvalue weighted by Crippen LogP contribution is -2.16. The first-order valence-electron chi connectivity index (χ1n) is 21.6. The topological polar surface area (TPSA) is 13.1 Å². The van der Waals surface area contributed by atoms with E-state index in [0.29, 0.717) is 0 Å². The maximum atomic E-state index is 2.44. The molecule has 12 aromatic rings. The van der Waals surface area contributed by atoms with Crippen LogP contribution in [-0.4, -0.2) is 9.13 Å². The van der Waals surface area contributed by atoms with Crippen LogP contribution in [-0.2, 0) is 5.41 Å². The van der Waals surface area contributed by atoms with Crippen molar-refractivity contribution < 1.29 is 0 Å². The van der Waals surface area contributed by atoms with Crippen LogP contribution in [0.15, 0.2) is 212 Å². The van der Waals surface area contributed by atoms with Gasteiger partial charge in [0.25, 0.3) is 0 Å². The second kappa shape index (κ2) is 13.1. The lowest BCUT2D eigenvalue weighted by atomic mass is 9.82. The predicted molar refractivity (Wildman–Crippen MR) is 261 cm³/mol. The van der Waals surface area contributed by atoms with Crippen LogP contribution < -0.4 is 4.90 Å². The minimum atomic E-state index is -0.117. The highest BCUT2D eigenvalue weighted by molar-refractivity contribution is 6.24. The highest BCUT2D eigenvalue weighted by atomic mass is 15.1. The summed E-state index contributed by atoms with van der Waals surface area (Å²) in [6.07, 6.45) is 0. The van der Waals surface area contributed by atoms with Crippen LogP contribution in [0.4, 0.5) is 17.1 Å². The fourth-order valence-corrected chi connectivity index (χ4v) is 10.7. The summed E-state index contributed by atoms with van der Waals surface area (Å²) >= 11 is 0. The van der Waals surface area contributed by atoms with Crippen molar-refractivity contribution in [1.82, 2.24) is 9.13 Å². The standard InChI is InChI=1S/C59H41N3/c1-59(2)51-18-8-6-16-47(51)48-34-32-46(37-52(48)59)60(45-33-35-54-50(36-45)49-17-7-9-19-53(49)61(54)42-14-4-3-5-15-42)43-28-24-38(25-29-43)39-26-30-44(31-27-39)62-55-20-10-12-40-22-23-41-13-11-21-56(62)58(41)57(40)55/h3-37H,1-2H3. The molecular weight excluding hydrogens is 751 g/mol. The monoisotopic (exact) mass is 791 g/mol. The molecule has 0 unspecified atom stereocenters. The average molecular weight is 792 g/mol. The summed E-state index contributed by atoms with van der Waals surface area (Å²) in [6.45, 7) is 4.72. The molecule has 0 amide bonds. The molecule has 3 heteroatoms. The molecule has 3 nitrogen and oxygen atoms in total. The number of para-hydroxylation sites is 2. The van der Waals surface area contributed by atoms with Gasteiger partial charge in [0.2, 0.25) is 0 Å². The second-order valence-corrected chi connectivity index (χ2v) is 17.4. The zero-order valence-corrected chi connectivity index (χ0v) is 34.5. The minimum Gasteiger partial charge on any atom is -0.310 e. The van der Waals surface area contributed by atoms with Crippen molar-refractivity contribution in [2.24, 2.45) is 0 Å². The number of hydrogen-bond donors (Lipinski definition) is 0.